The fourth-order valence-corrected chi connectivity index (χ4v) is 5.75. The molecule has 1 aliphatic rings. The van der Waals surface area contributed by atoms with E-state index in [1.54, 1.807) is 79.6 Å². The van der Waals surface area contributed by atoms with Crippen molar-refractivity contribution in [1.29, 1.82) is 0 Å². The summed E-state index contributed by atoms with van der Waals surface area (Å²) >= 11 is 12.3. The minimum Gasteiger partial charge on any atom is -0.497 e. The Morgan fingerprint density at radius 3 is 2.23 bits per heavy atom. The Kier molecular flexibility index (Phi) is 10.4. The third kappa shape index (κ3) is 7.17. The third-order valence-corrected chi connectivity index (χ3v) is 8.01. The molecule has 11 heteroatoms. The molecule has 1 fully saturated rings. The lowest BCUT2D eigenvalue weighted by molar-refractivity contribution is -0.160. The van der Waals surface area contributed by atoms with Crippen molar-refractivity contribution in [2.75, 3.05) is 26.2 Å². The van der Waals surface area contributed by atoms with Crippen LogP contribution in [-0.4, -0.2) is 45.2 Å². The van der Waals surface area contributed by atoms with E-state index in [-0.39, 0.29) is 18.7 Å². The number of piperidine rings is 1. The van der Waals surface area contributed by atoms with E-state index in [1.165, 1.54) is 21.1 Å². The Labute approximate surface area is 261 Å². The zero-order valence-electron chi connectivity index (χ0n) is 24.6. The van der Waals surface area contributed by atoms with Crippen molar-refractivity contribution in [2.24, 2.45) is 5.92 Å². The summed E-state index contributed by atoms with van der Waals surface area (Å²) in [4.78, 5) is 41.8. The summed E-state index contributed by atoms with van der Waals surface area (Å²) in [5, 5.41) is 3.73. The van der Waals surface area contributed by atoms with Gasteiger partial charge >= 0.3 is 5.97 Å². The number of methoxy groups -OCH3 is 3. The Morgan fingerprint density at radius 1 is 0.907 bits per heavy atom. The fourth-order valence-electron chi connectivity index (χ4n) is 5.18. The van der Waals surface area contributed by atoms with Crippen LogP contribution in [0.1, 0.15) is 49.9 Å². The number of carbonyl (C=O) groups is 3. The van der Waals surface area contributed by atoms with Crippen molar-refractivity contribution in [3.8, 4) is 17.2 Å². The molecule has 0 saturated carbocycles. The van der Waals surface area contributed by atoms with Gasteiger partial charge in [-0.2, -0.15) is 0 Å². The number of nitrogens with zero attached hydrogens (tertiary/aromatic N) is 1. The number of esters is 1. The Morgan fingerprint density at radius 2 is 1.60 bits per heavy atom. The monoisotopic (exact) mass is 628 g/mol. The van der Waals surface area contributed by atoms with E-state index < -0.39 is 36.0 Å². The molecule has 0 radical (unpaired) electrons. The predicted molar refractivity (Wildman–Crippen MR) is 164 cm³/mol. The Balaban J connectivity index is 1.62. The summed E-state index contributed by atoms with van der Waals surface area (Å²) in [6, 6.07) is 16.1. The van der Waals surface area contributed by atoms with Crippen molar-refractivity contribution in [3.05, 3.63) is 81.8 Å². The molecule has 228 valence electrons. The number of halogens is 2. The van der Waals surface area contributed by atoms with Crippen molar-refractivity contribution >= 4 is 46.7 Å². The highest BCUT2D eigenvalue weighted by atomic mass is 35.5. The first-order valence-electron chi connectivity index (χ1n) is 13.7. The maximum Gasteiger partial charge on any atom is 0.312 e. The van der Waals surface area contributed by atoms with E-state index in [0.717, 1.165) is 0 Å². The fraction of sp³-hybridized carbons (Fsp3) is 0.344. The summed E-state index contributed by atoms with van der Waals surface area (Å²) in [6.07, 6.45) is -0.768. The molecular weight excluding hydrogens is 595 g/mol. The van der Waals surface area contributed by atoms with Gasteiger partial charge in [0.25, 0.3) is 5.91 Å². The normalized spacial score (nSPS) is 17.9. The van der Waals surface area contributed by atoms with Gasteiger partial charge in [0.15, 0.2) is 17.6 Å². The molecule has 0 aliphatic carbocycles. The van der Waals surface area contributed by atoms with Gasteiger partial charge < -0.3 is 29.2 Å². The molecule has 1 aliphatic heterocycles. The molecule has 2 amide bonds. The number of ether oxygens (including phenoxy) is 4. The van der Waals surface area contributed by atoms with E-state index in [1.807, 2.05) is 0 Å². The lowest BCUT2D eigenvalue weighted by Crippen LogP contribution is -2.47. The van der Waals surface area contributed by atoms with Crippen LogP contribution < -0.4 is 24.4 Å². The van der Waals surface area contributed by atoms with Crippen molar-refractivity contribution < 1.29 is 33.3 Å². The second-order valence-corrected chi connectivity index (χ2v) is 11.0. The maximum absolute atomic E-state index is 13.8. The quantitative estimate of drug-likeness (QED) is 0.262. The molecule has 43 heavy (non-hydrogen) atoms. The first-order valence-corrected chi connectivity index (χ1v) is 14.5. The van der Waals surface area contributed by atoms with E-state index in [0.29, 0.717) is 44.1 Å². The van der Waals surface area contributed by atoms with Gasteiger partial charge in [-0.25, -0.2) is 0 Å². The lowest BCUT2D eigenvalue weighted by atomic mass is 9.83. The predicted octanol–water partition coefficient (Wildman–Crippen LogP) is 6.31. The van der Waals surface area contributed by atoms with Crippen LogP contribution in [0.2, 0.25) is 10.0 Å². The SMILES string of the molecule is COc1ccc(N2C(=O)CCC(C(=O)OC(C)C(=O)NC(C)c3ccc(Cl)cc3Cl)C2c2ccc(OC)c(OC)c2)cc1. The van der Waals surface area contributed by atoms with E-state index in [9.17, 15) is 14.4 Å². The van der Waals surface area contributed by atoms with Gasteiger partial charge in [-0.15, -0.1) is 0 Å². The van der Waals surface area contributed by atoms with E-state index >= 15 is 0 Å². The molecule has 0 bridgehead atoms. The second-order valence-electron chi connectivity index (χ2n) is 10.1. The number of anilines is 1. The second kappa shape index (κ2) is 14.0. The number of rotatable bonds is 10. The van der Waals surface area contributed by atoms with Gasteiger partial charge in [0.1, 0.15) is 5.75 Å². The number of carbonyl (C=O) groups excluding carboxylic acids is 3. The average Bonchev–Trinajstić information content (AvgIpc) is 3.00. The highest BCUT2D eigenvalue weighted by molar-refractivity contribution is 6.35. The minimum atomic E-state index is -1.11. The Hall–Kier alpha value is -3.95. The molecular formula is C32H34Cl2N2O7. The standard InChI is InChI=1S/C32H34Cl2N2O7/c1-18(24-12-7-21(33)17-26(24)34)35-31(38)19(2)43-32(39)25-13-15-29(37)36(22-8-10-23(40-3)11-9-22)30(25)20-6-14-27(41-4)28(16-20)42-5/h6-12,14,16-19,25,30H,13,15H2,1-5H3,(H,35,38). The molecule has 0 aromatic heterocycles. The van der Waals surface area contributed by atoms with Gasteiger partial charge in [-0.1, -0.05) is 35.3 Å². The average molecular weight is 630 g/mol. The third-order valence-electron chi connectivity index (χ3n) is 7.45. The molecule has 0 spiro atoms. The van der Waals surface area contributed by atoms with Crippen LogP contribution in [0.5, 0.6) is 17.2 Å². The summed E-state index contributed by atoms with van der Waals surface area (Å²) in [7, 11) is 4.60. The summed E-state index contributed by atoms with van der Waals surface area (Å²) < 4.78 is 21.9. The summed E-state index contributed by atoms with van der Waals surface area (Å²) in [6.45, 7) is 3.28. The van der Waals surface area contributed by atoms with Gasteiger partial charge in [0.05, 0.1) is 39.3 Å². The van der Waals surface area contributed by atoms with E-state index in [2.05, 4.69) is 5.32 Å². The first-order chi connectivity index (χ1) is 20.6. The number of benzene rings is 3. The van der Waals surface area contributed by atoms with Crippen LogP contribution in [-0.2, 0) is 19.1 Å². The molecule has 3 aromatic rings. The molecule has 3 aromatic carbocycles. The van der Waals surface area contributed by atoms with Gasteiger partial charge in [0.2, 0.25) is 5.91 Å². The van der Waals surface area contributed by atoms with Crippen LogP contribution in [0.25, 0.3) is 0 Å². The van der Waals surface area contributed by atoms with Crippen molar-refractivity contribution in [2.45, 2.75) is 44.9 Å². The minimum absolute atomic E-state index is 0.113. The number of hydrogen-bond donors (Lipinski definition) is 1. The van der Waals surface area contributed by atoms with Crippen LogP contribution in [0.3, 0.4) is 0 Å². The summed E-state index contributed by atoms with van der Waals surface area (Å²) in [5.74, 6) is -0.462. The molecule has 4 atom stereocenters. The number of amides is 2. The Bertz CT molecular complexity index is 1480. The zero-order chi connectivity index (χ0) is 31.3. The highest BCUT2D eigenvalue weighted by Gasteiger charge is 2.43. The van der Waals surface area contributed by atoms with Gasteiger partial charge in [0, 0.05) is 22.2 Å². The smallest absolute Gasteiger partial charge is 0.312 e. The first kappa shape index (κ1) is 32.0. The molecule has 1 heterocycles. The molecule has 1 saturated heterocycles. The van der Waals surface area contributed by atoms with E-state index in [4.69, 9.17) is 42.1 Å². The summed E-state index contributed by atoms with van der Waals surface area (Å²) in [5.41, 5.74) is 1.90. The zero-order valence-corrected chi connectivity index (χ0v) is 26.1. The molecule has 9 nitrogen and oxygen atoms in total. The number of nitrogens with one attached hydrogen (secondary N) is 1. The van der Waals surface area contributed by atoms with Crippen LogP contribution >= 0.6 is 23.2 Å². The van der Waals surface area contributed by atoms with Crippen LogP contribution in [0.15, 0.2) is 60.7 Å². The van der Waals surface area contributed by atoms with Gasteiger partial charge in [-0.05, 0) is 79.9 Å². The van der Waals surface area contributed by atoms with Gasteiger partial charge in [-0.3, -0.25) is 14.4 Å². The van der Waals surface area contributed by atoms with Crippen molar-refractivity contribution in [3.63, 3.8) is 0 Å². The number of hydrogen-bond acceptors (Lipinski definition) is 7. The topological polar surface area (TPSA) is 103 Å². The van der Waals surface area contributed by atoms with Crippen LogP contribution in [0, 0.1) is 5.92 Å². The molecule has 4 unspecified atom stereocenters. The van der Waals surface area contributed by atoms with Crippen molar-refractivity contribution in [1.82, 2.24) is 5.32 Å². The van der Waals surface area contributed by atoms with Crippen LogP contribution in [0.4, 0.5) is 5.69 Å². The molecule has 1 N–H and O–H groups in total. The lowest BCUT2D eigenvalue weighted by Gasteiger charge is -2.40. The highest BCUT2D eigenvalue weighted by Crippen LogP contribution is 2.43. The maximum atomic E-state index is 13.8. The molecule has 4 rings (SSSR count). The largest absolute Gasteiger partial charge is 0.497 e.